The Morgan fingerprint density at radius 1 is 1.00 bits per heavy atom. The van der Waals surface area contributed by atoms with Crippen LogP contribution < -0.4 is 15.0 Å². The highest BCUT2D eigenvalue weighted by atomic mass is 16.5. The second kappa shape index (κ2) is 9.02. The quantitative estimate of drug-likeness (QED) is 0.451. The number of benzene rings is 3. The van der Waals surface area contributed by atoms with Crippen molar-refractivity contribution in [3.05, 3.63) is 108 Å². The summed E-state index contributed by atoms with van der Waals surface area (Å²) in [6.07, 6.45) is 4.78. The van der Waals surface area contributed by atoms with Crippen LogP contribution in [0.5, 0.6) is 5.75 Å². The molecule has 3 aromatic carbocycles. The molecule has 4 aromatic rings. The van der Waals surface area contributed by atoms with Crippen molar-refractivity contribution in [3.8, 4) is 5.75 Å². The second-order valence-electron chi connectivity index (χ2n) is 7.95. The van der Waals surface area contributed by atoms with Crippen molar-refractivity contribution in [1.82, 2.24) is 10.3 Å². The van der Waals surface area contributed by atoms with Gasteiger partial charge >= 0.3 is 0 Å². The van der Waals surface area contributed by atoms with Crippen LogP contribution in [0, 0.1) is 0 Å². The zero-order valence-electron chi connectivity index (χ0n) is 17.8. The normalized spacial score (nSPS) is 14.2. The van der Waals surface area contributed by atoms with Crippen molar-refractivity contribution in [2.75, 3.05) is 11.4 Å². The fourth-order valence-corrected chi connectivity index (χ4v) is 4.09. The molecule has 1 aromatic heterocycles. The van der Waals surface area contributed by atoms with Crippen LogP contribution in [0.15, 0.2) is 97.0 Å². The van der Waals surface area contributed by atoms with Crippen LogP contribution in [0.25, 0.3) is 10.9 Å². The Morgan fingerprint density at radius 2 is 1.78 bits per heavy atom. The minimum atomic E-state index is -0.0279. The van der Waals surface area contributed by atoms with Gasteiger partial charge in [-0.05, 0) is 35.7 Å². The fraction of sp³-hybridized carbons (Fsp3) is 0.148. The van der Waals surface area contributed by atoms with Crippen molar-refractivity contribution in [3.63, 3.8) is 0 Å². The zero-order valence-corrected chi connectivity index (χ0v) is 17.8. The largest absolute Gasteiger partial charge is 0.456 e. The van der Waals surface area contributed by atoms with E-state index in [1.54, 1.807) is 6.20 Å². The van der Waals surface area contributed by atoms with Gasteiger partial charge in [0.2, 0.25) is 5.91 Å². The molecule has 0 aliphatic carbocycles. The molecule has 0 unspecified atom stereocenters. The Hall–Kier alpha value is -3.99. The molecule has 0 bridgehead atoms. The van der Waals surface area contributed by atoms with E-state index in [1.165, 1.54) is 10.9 Å². The van der Waals surface area contributed by atoms with Crippen molar-refractivity contribution >= 4 is 22.5 Å². The van der Waals surface area contributed by atoms with Gasteiger partial charge in [0.25, 0.3) is 0 Å². The maximum absolute atomic E-state index is 12.5. The van der Waals surface area contributed by atoms with Gasteiger partial charge in [-0.25, -0.2) is 0 Å². The third-order valence-corrected chi connectivity index (χ3v) is 5.70. The van der Waals surface area contributed by atoms with Gasteiger partial charge in [0.1, 0.15) is 11.5 Å². The molecule has 5 nitrogen and oxygen atoms in total. The van der Waals surface area contributed by atoms with Crippen LogP contribution in [0.2, 0.25) is 0 Å². The van der Waals surface area contributed by atoms with Gasteiger partial charge in [0.05, 0.1) is 12.2 Å². The van der Waals surface area contributed by atoms with Gasteiger partial charge in [0.15, 0.2) is 0 Å². The van der Waals surface area contributed by atoms with E-state index in [2.05, 4.69) is 39.5 Å². The first-order valence-electron chi connectivity index (χ1n) is 10.9. The number of nitrogens with one attached hydrogen (secondary N) is 2. The number of hydrogen-bond donors (Lipinski definition) is 2. The topological polar surface area (TPSA) is 57.4 Å². The number of carbonyl (C=O) groups excluding carboxylic acids is 1. The molecule has 0 atom stereocenters. The predicted molar refractivity (Wildman–Crippen MR) is 127 cm³/mol. The summed E-state index contributed by atoms with van der Waals surface area (Å²) in [7, 11) is 0. The highest BCUT2D eigenvalue weighted by Crippen LogP contribution is 2.35. The van der Waals surface area contributed by atoms with Crippen molar-refractivity contribution in [2.24, 2.45) is 0 Å². The number of anilines is 1. The molecule has 2 heterocycles. The summed E-state index contributed by atoms with van der Waals surface area (Å²) in [6.45, 7) is 1.36. The number of hydrogen-bond acceptors (Lipinski definition) is 3. The van der Waals surface area contributed by atoms with Crippen LogP contribution in [0.1, 0.15) is 17.5 Å². The van der Waals surface area contributed by atoms with E-state index in [0.29, 0.717) is 19.4 Å². The smallest absolute Gasteiger partial charge is 0.224 e. The second-order valence-corrected chi connectivity index (χ2v) is 7.95. The van der Waals surface area contributed by atoms with Crippen LogP contribution in [-0.4, -0.2) is 17.4 Å². The molecule has 160 valence electrons. The summed E-state index contributed by atoms with van der Waals surface area (Å²) >= 11 is 0. The maximum Gasteiger partial charge on any atom is 0.224 e. The molecule has 5 rings (SSSR count). The minimum absolute atomic E-state index is 0.0279. The van der Waals surface area contributed by atoms with Crippen LogP contribution in [0.3, 0.4) is 0 Å². The van der Waals surface area contributed by atoms with E-state index >= 15 is 0 Å². The van der Waals surface area contributed by atoms with Crippen molar-refractivity contribution in [2.45, 2.75) is 19.4 Å². The van der Waals surface area contributed by atoms with Crippen LogP contribution >= 0.6 is 0 Å². The highest BCUT2D eigenvalue weighted by molar-refractivity contribution is 5.84. The molecule has 5 heteroatoms. The Morgan fingerprint density at radius 3 is 2.69 bits per heavy atom. The number of aromatic nitrogens is 1. The van der Waals surface area contributed by atoms with Gasteiger partial charge in [-0.15, -0.1) is 0 Å². The molecule has 0 fully saturated rings. The standard InChI is InChI=1S/C27H25N3O2/c31-27(15-14-21-16-28-24-11-5-4-10-23(21)24)29-17-22-19-30(18-20-8-2-1-3-9-20)25-12-6-7-13-26(25)32-22/h1-13,16-17,28H,14-15,18-19H2,(H,29,31). The molecule has 32 heavy (non-hydrogen) atoms. The summed E-state index contributed by atoms with van der Waals surface area (Å²) in [5, 5.41) is 4.08. The van der Waals surface area contributed by atoms with Gasteiger partial charge in [-0.3, -0.25) is 4.79 Å². The number of ether oxygens (including phenoxy) is 1. The fourth-order valence-electron chi connectivity index (χ4n) is 4.09. The molecule has 0 saturated carbocycles. The number of amides is 1. The van der Waals surface area contributed by atoms with Gasteiger partial charge in [-0.1, -0.05) is 60.7 Å². The van der Waals surface area contributed by atoms with E-state index in [-0.39, 0.29) is 5.91 Å². The van der Waals surface area contributed by atoms with E-state index in [0.717, 1.165) is 34.8 Å². The third-order valence-electron chi connectivity index (χ3n) is 5.70. The third kappa shape index (κ3) is 4.37. The number of aryl methyl sites for hydroxylation is 1. The van der Waals surface area contributed by atoms with Crippen molar-refractivity contribution in [1.29, 1.82) is 0 Å². The van der Waals surface area contributed by atoms with Crippen LogP contribution in [-0.2, 0) is 17.8 Å². The Kier molecular flexibility index (Phi) is 5.62. The highest BCUT2D eigenvalue weighted by Gasteiger charge is 2.21. The van der Waals surface area contributed by atoms with Gasteiger partial charge in [0, 0.05) is 36.3 Å². The number of rotatable bonds is 6. The summed E-state index contributed by atoms with van der Waals surface area (Å²) in [4.78, 5) is 18.0. The number of H-pyrrole nitrogens is 1. The molecule has 1 aliphatic rings. The van der Waals surface area contributed by atoms with E-state index < -0.39 is 0 Å². The average molecular weight is 424 g/mol. The molecule has 2 N–H and O–H groups in total. The number of fused-ring (bicyclic) bond motifs is 2. The zero-order chi connectivity index (χ0) is 21.8. The molecular weight excluding hydrogens is 398 g/mol. The van der Waals surface area contributed by atoms with Gasteiger partial charge < -0.3 is 19.9 Å². The number of para-hydroxylation sites is 3. The lowest BCUT2D eigenvalue weighted by molar-refractivity contribution is -0.120. The lowest BCUT2D eigenvalue weighted by atomic mass is 10.1. The lowest BCUT2D eigenvalue weighted by Gasteiger charge is -2.32. The average Bonchev–Trinajstić information content (AvgIpc) is 3.25. The van der Waals surface area contributed by atoms with E-state index in [1.807, 2.05) is 60.8 Å². The number of nitrogens with zero attached hydrogens (tertiary/aromatic N) is 1. The van der Waals surface area contributed by atoms with Crippen LogP contribution in [0.4, 0.5) is 5.69 Å². The maximum atomic E-state index is 12.5. The molecule has 0 saturated heterocycles. The first-order valence-corrected chi connectivity index (χ1v) is 10.9. The number of aromatic amines is 1. The minimum Gasteiger partial charge on any atom is -0.456 e. The summed E-state index contributed by atoms with van der Waals surface area (Å²) < 4.78 is 6.06. The van der Waals surface area contributed by atoms with Gasteiger partial charge in [-0.2, -0.15) is 0 Å². The molecule has 1 aliphatic heterocycles. The van der Waals surface area contributed by atoms with E-state index in [4.69, 9.17) is 4.74 Å². The Bertz CT molecular complexity index is 1260. The summed E-state index contributed by atoms with van der Waals surface area (Å²) in [5.41, 5.74) is 4.53. The Balaban J connectivity index is 1.25. The first kappa shape index (κ1) is 19.9. The SMILES string of the molecule is O=C(CCc1c[nH]c2ccccc12)NC=C1CN(Cc2ccccc2)c2ccccc2O1. The number of carbonyl (C=O) groups is 1. The molecule has 0 radical (unpaired) electrons. The summed E-state index contributed by atoms with van der Waals surface area (Å²) in [6, 6.07) is 26.5. The lowest BCUT2D eigenvalue weighted by Crippen LogP contribution is -2.32. The first-order chi connectivity index (χ1) is 15.8. The molecular formula is C27H25N3O2. The van der Waals surface area contributed by atoms with Crippen molar-refractivity contribution < 1.29 is 9.53 Å². The Labute approximate surface area is 187 Å². The summed E-state index contributed by atoms with van der Waals surface area (Å²) in [5.74, 6) is 1.49. The molecule has 0 spiro atoms. The van der Waals surface area contributed by atoms with E-state index in [9.17, 15) is 4.79 Å². The predicted octanol–water partition coefficient (Wildman–Crippen LogP) is 5.16. The monoisotopic (exact) mass is 423 g/mol. The molecule has 1 amide bonds.